The quantitative estimate of drug-likeness (QED) is 0.916. The fraction of sp³-hybridized carbons (Fsp3) is 0.357. The molecule has 0 radical (unpaired) electrons. The predicted molar refractivity (Wildman–Crippen MR) is 74.4 cm³/mol. The smallest absolute Gasteiger partial charge is 0.123 e. The summed E-state index contributed by atoms with van der Waals surface area (Å²) in [5.74, 6) is 0.191. The minimum absolute atomic E-state index is 0.220. The first kappa shape index (κ1) is 13.2. The molecule has 0 saturated heterocycles. The van der Waals surface area contributed by atoms with Crippen LogP contribution in [0, 0.1) is 5.82 Å². The minimum Gasteiger partial charge on any atom is -0.330 e. The van der Waals surface area contributed by atoms with E-state index in [1.807, 2.05) is 0 Å². The number of benzene rings is 1. The van der Waals surface area contributed by atoms with Gasteiger partial charge < -0.3 is 5.73 Å². The summed E-state index contributed by atoms with van der Waals surface area (Å²) in [5, 5.41) is 1.06. The van der Waals surface area contributed by atoms with E-state index in [1.54, 1.807) is 23.5 Å². The average Bonchev–Trinajstić information content (AvgIpc) is 2.75. The first-order valence-electron chi connectivity index (χ1n) is 6.07. The van der Waals surface area contributed by atoms with Gasteiger partial charge in [-0.25, -0.2) is 9.37 Å². The van der Waals surface area contributed by atoms with Crippen LogP contribution in [0.2, 0.25) is 0 Å². The molecule has 0 aliphatic carbocycles. The molecule has 1 aromatic heterocycles. The van der Waals surface area contributed by atoms with Crippen molar-refractivity contribution in [3.63, 3.8) is 0 Å². The van der Waals surface area contributed by atoms with E-state index in [0.29, 0.717) is 12.5 Å². The first-order chi connectivity index (χ1) is 8.61. The van der Waals surface area contributed by atoms with Crippen LogP contribution >= 0.6 is 11.3 Å². The van der Waals surface area contributed by atoms with Crippen LogP contribution in [0.1, 0.15) is 29.7 Å². The molecule has 4 heteroatoms. The number of rotatable bonds is 4. The first-order valence-corrected chi connectivity index (χ1v) is 6.89. The van der Waals surface area contributed by atoms with Gasteiger partial charge in [-0.2, -0.15) is 0 Å². The Morgan fingerprint density at radius 3 is 2.50 bits per heavy atom. The third kappa shape index (κ3) is 2.76. The Balaban J connectivity index is 2.44. The van der Waals surface area contributed by atoms with Gasteiger partial charge >= 0.3 is 0 Å². The SMILES string of the molecule is CC(C)c1sc(CCN)nc1-c1ccc(F)cc1. The number of halogens is 1. The molecule has 2 N–H and O–H groups in total. The second kappa shape index (κ2) is 5.59. The number of nitrogens with zero attached hydrogens (tertiary/aromatic N) is 1. The molecule has 0 atom stereocenters. The summed E-state index contributed by atoms with van der Waals surface area (Å²) in [4.78, 5) is 5.88. The average molecular weight is 264 g/mol. The summed E-state index contributed by atoms with van der Waals surface area (Å²) in [6.07, 6.45) is 0.797. The Labute approximate surface area is 111 Å². The Morgan fingerprint density at radius 1 is 1.28 bits per heavy atom. The second-order valence-corrected chi connectivity index (χ2v) is 5.64. The lowest BCUT2D eigenvalue weighted by molar-refractivity contribution is 0.628. The van der Waals surface area contributed by atoms with Crippen molar-refractivity contribution in [3.8, 4) is 11.3 Å². The van der Waals surface area contributed by atoms with Crippen LogP contribution in [0.15, 0.2) is 24.3 Å². The highest BCUT2D eigenvalue weighted by atomic mass is 32.1. The molecule has 2 aromatic rings. The zero-order chi connectivity index (χ0) is 13.1. The van der Waals surface area contributed by atoms with E-state index in [-0.39, 0.29) is 5.82 Å². The van der Waals surface area contributed by atoms with Crippen LogP contribution < -0.4 is 5.73 Å². The van der Waals surface area contributed by atoms with Gasteiger partial charge in [-0.1, -0.05) is 13.8 Å². The molecule has 0 aliphatic rings. The van der Waals surface area contributed by atoms with E-state index >= 15 is 0 Å². The normalized spacial score (nSPS) is 11.2. The predicted octanol–water partition coefficient (Wildman–Crippen LogP) is 3.57. The van der Waals surface area contributed by atoms with E-state index in [4.69, 9.17) is 5.73 Å². The van der Waals surface area contributed by atoms with Crippen molar-refractivity contribution >= 4 is 11.3 Å². The number of aromatic nitrogens is 1. The van der Waals surface area contributed by atoms with Gasteiger partial charge in [0.2, 0.25) is 0 Å². The molecule has 0 amide bonds. The molecule has 1 heterocycles. The van der Waals surface area contributed by atoms with E-state index < -0.39 is 0 Å². The van der Waals surface area contributed by atoms with Crippen LogP contribution in [0.5, 0.6) is 0 Å². The topological polar surface area (TPSA) is 38.9 Å². The lowest BCUT2D eigenvalue weighted by atomic mass is 10.1. The van der Waals surface area contributed by atoms with Crippen molar-refractivity contribution in [1.82, 2.24) is 4.98 Å². The van der Waals surface area contributed by atoms with Crippen molar-refractivity contribution in [2.24, 2.45) is 5.73 Å². The molecule has 18 heavy (non-hydrogen) atoms. The third-order valence-electron chi connectivity index (χ3n) is 2.70. The molecular weight excluding hydrogens is 247 g/mol. The van der Waals surface area contributed by atoms with Gasteiger partial charge in [0.05, 0.1) is 10.7 Å². The van der Waals surface area contributed by atoms with Gasteiger partial charge in [0.15, 0.2) is 0 Å². The van der Waals surface area contributed by atoms with Gasteiger partial charge in [-0.15, -0.1) is 11.3 Å². The molecule has 2 nitrogen and oxygen atoms in total. The Bertz CT molecular complexity index is 517. The van der Waals surface area contributed by atoms with E-state index in [1.165, 1.54) is 17.0 Å². The molecule has 0 spiro atoms. The molecule has 0 fully saturated rings. The van der Waals surface area contributed by atoms with Crippen LogP contribution in [0.25, 0.3) is 11.3 Å². The molecule has 0 unspecified atom stereocenters. The van der Waals surface area contributed by atoms with Gasteiger partial charge in [0.1, 0.15) is 5.82 Å². The highest BCUT2D eigenvalue weighted by Crippen LogP contribution is 2.33. The lowest BCUT2D eigenvalue weighted by Crippen LogP contribution is -2.01. The van der Waals surface area contributed by atoms with Crippen LogP contribution in [0.4, 0.5) is 4.39 Å². The summed E-state index contributed by atoms with van der Waals surface area (Å²) < 4.78 is 13.0. The Hall–Kier alpha value is -1.26. The monoisotopic (exact) mass is 264 g/mol. The number of nitrogens with two attached hydrogens (primary N) is 1. The Kier molecular flexibility index (Phi) is 4.09. The van der Waals surface area contributed by atoms with Gasteiger partial charge in [0, 0.05) is 16.9 Å². The maximum absolute atomic E-state index is 13.0. The summed E-state index contributed by atoms with van der Waals surface area (Å²) in [7, 11) is 0. The minimum atomic E-state index is -0.220. The summed E-state index contributed by atoms with van der Waals surface area (Å²) in [5.41, 5.74) is 7.51. The molecule has 0 aliphatic heterocycles. The summed E-state index contributed by atoms with van der Waals surface area (Å²) >= 11 is 1.71. The molecule has 0 saturated carbocycles. The summed E-state index contributed by atoms with van der Waals surface area (Å²) in [6, 6.07) is 6.51. The highest BCUT2D eigenvalue weighted by Gasteiger charge is 2.15. The summed E-state index contributed by atoms with van der Waals surface area (Å²) in [6.45, 7) is 4.90. The molecule has 1 aromatic carbocycles. The van der Waals surface area contributed by atoms with Crippen LogP contribution in [-0.4, -0.2) is 11.5 Å². The zero-order valence-electron chi connectivity index (χ0n) is 10.6. The van der Waals surface area contributed by atoms with Crippen LogP contribution in [0.3, 0.4) is 0 Å². The third-order valence-corrected chi connectivity index (χ3v) is 4.11. The fourth-order valence-corrected chi connectivity index (χ4v) is 2.92. The maximum Gasteiger partial charge on any atom is 0.123 e. The Morgan fingerprint density at radius 2 is 1.94 bits per heavy atom. The zero-order valence-corrected chi connectivity index (χ0v) is 11.4. The molecule has 2 rings (SSSR count). The fourth-order valence-electron chi connectivity index (χ4n) is 1.81. The number of thiazole rings is 1. The van der Waals surface area contributed by atoms with E-state index in [0.717, 1.165) is 22.7 Å². The standard InChI is InChI=1S/C14H17FN2S/c1-9(2)14-13(17-12(18-14)7-8-16)10-3-5-11(15)6-4-10/h3-6,9H,7-8,16H2,1-2H3. The van der Waals surface area contributed by atoms with Gasteiger partial charge in [0.25, 0.3) is 0 Å². The second-order valence-electron chi connectivity index (χ2n) is 4.52. The van der Waals surface area contributed by atoms with Crippen molar-refractivity contribution < 1.29 is 4.39 Å². The van der Waals surface area contributed by atoms with E-state index in [9.17, 15) is 4.39 Å². The molecule has 0 bridgehead atoms. The highest BCUT2D eigenvalue weighted by molar-refractivity contribution is 7.12. The van der Waals surface area contributed by atoms with E-state index in [2.05, 4.69) is 18.8 Å². The van der Waals surface area contributed by atoms with Gasteiger partial charge in [-0.3, -0.25) is 0 Å². The van der Waals surface area contributed by atoms with Crippen molar-refractivity contribution in [2.45, 2.75) is 26.2 Å². The number of hydrogen-bond acceptors (Lipinski definition) is 3. The maximum atomic E-state index is 13.0. The lowest BCUT2D eigenvalue weighted by Gasteiger charge is -2.05. The van der Waals surface area contributed by atoms with Gasteiger partial charge in [-0.05, 0) is 36.7 Å². The van der Waals surface area contributed by atoms with Crippen molar-refractivity contribution in [2.75, 3.05) is 6.54 Å². The molecule has 96 valence electrons. The van der Waals surface area contributed by atoms with Crippen molar-refractivity contribution in [3.05, 3.63) is 40.0 Å². The largest absolute Gasteiger partial charge is 0.330 e. The molecular formula is C14H17FN2S. The van der Waals surface area contributed by atoms with Crippen LogP contribution in [-0.2, 0) is 6.42 Å². The number of hydrogen-bond donors (Lipinski definition) is 1. The van der Waals surface area contributed by atoms with Crippen molar-refractivity contribution in [1.29, 1.82) is 0 Å².